The molecule has 132 valence electrons. The number of ether oxygens (including phenoxy) is 1. The Morgan fingerprint density at radius 3 is 2.58 bits per heavy atom. The van der Waals surface area contributed by atoms with Gasteiger partial charge in [-0.1, -0.05) is 42.0 Å². The first kappa shape index (κ1) is 17.4. The molecule has 0 aliphatic rings. The quantitative estimate of drug-likeness (QED) is 0.691. The van der Waals surface area contributed by atoms with Crippen LogP contribution in [0.1, 0.15) is 21.5 Å². The summed E-state index contributed by atoms with van der Waals surface area (Å²) in [5.74, 6) is 0.340. The highest BCUT2D eigenvalue weighted by Gasteiger charge is 2.15. The van der Waals surface area contributed by atoms with Gasteiger partial charge in [-0.05, 0) is 19.1 Å². The normalized spacial score (nSPS) is 10.5. The molecular formula is C20H18N2O4. The van der Waals surface area contributed by atoms with E-state index in [9.17, 15) is 14.4 Å². The zero-order valence-electron chi connectivity index (χ0n) is 14.3. The molecule has 0 bridgehead atoms. The number of aromatic nitrogens is 2. The van der Waals surface area contributed by atoms with E-state index in [1.165, 1.54) is 16.8 Å². The van der Waals surface area contributed by atoms with E-state index in [0.717, 1.165) is 5.56 Å². The van der Waals surface area contributed by atoms with Crippen LogP contribution in [-0.2, 0) is 6.54 Å². The molecule has 0 aliphatic heterocycles. The number of nitrogens with zero attached hydrogens (tertiary/aromatic N) is 1. The molecule has 1 N–H and O–H groups in total. The maximum Gasteiger partial charge on any atom is 0.328 e. The molecule has 0 unspecified atom stereocenters. The molecule has 0 aliphatic carbocycles. The van der Waals surface area contributed by atoms with Crippen molar-refractivity contribution in [1.82, 2.24) is 9.55 Å². The van der Waals surface area contributed by atoms with Gasteiger partial charge in [0.1, 0.15) is 12.4 Å². The second kappa shape index (κ2) is 7.65. The summed E-state index contributed by atoms with van der Waals surface area (Å²) in [6.07, 6.45) is 1.41. The summed E-state index contributed by atoms with van der Waals surface area (Å²) in [6, 6.07) is 15.7. The van der Waals surface area contributed by atoms with E-state index in [1.54, 1.807) is 24.3 Å². The molecule has 3 rings (SSSR count). The molecule has 6 nitrogen and oxygen atoms in total. The van der Waals surface area contributed by atoms with E-state index in [-0.39, 0.29) is 18.9 Å². The lowest BCUT2D eigenvalue weighted by Gasteiger charge is -2.12. The Labute approximate surface area is 149 Å². The lowest BCUT2D eigenvalue weighted by molar-refractivity contribution is 0.103. The largest absolute Gasteiger partial charge is 0.491 e. The number of nitrogens with one attached hydrogen (secondary N) is 1. The number of carbonyl (C=O) groups excluding carboxylic acids is 1. The number of hydrogen-bond acceptors (Lipinski definition) is 4. The first-order valence-corrected chi connectivity index (χ1v) is 8.17. The lowest BCUT2D eigenvalue weighted by atomic mass is 10.0. The second-order valence-corrected chi connectivity index (χ2v) is 5.85. The van der Waals surface area contributed by atoms with Gasteiger partial charge in [-0.15, -0.1) is 0 Å². The smallest absolute Gasteiger partial charge is 0.328 e. The summed E-state index contributed by atoms with van der Waals surface area (Å²) in [5, 5.41) is 0. The predicted molar refractivity (Wildman–Crippen MR) is 97.9 cm³/mol. The van der Waals surface area contributed by atoms with Crippen molar-refractivity contribution in [2.75, 3.05) is 6.61 Å². The molecule has 3 aromatic rings. The van der Waals surface area contributed by atoms with Gasteiger partial charge in [0.25, 0.3) is 5.56 Å². The summed E-state index contributed by atoms with van der Waals surface area (Å²) >= 11 is 0. The fourth-order valence-electron chi connectivity index (χ4n) is 2.57. The Morgan fingerprint density at radius 1 is 1.08 bits per heavy atom. The van der Waals surface area contributed by atoms with Gasteiger partial charge in [-0.3, -0.25) is 19.1 Å². The van der Waals surface area contributed by atoms with Gasteiger partial charge < -0.3 is 4.74 Å². The number of aromatic amines is 1. The van der Waals surface area contributed by atoms with Crippen LogP contribution in [0, 0.1) is 6.92 Å². The molecule has 0 spiro atoms. The van der Waals surface area contributed by atoms with Crippen molar-refractivity contribution < 1.29 is 9.53 Å². The van der Waals surface area contributed by atoms with Gasteiger partial charge in [0.05, 0.1) is 12.1 Å². The van der Waals surface area contributed by atoms with Crippen molar-refractivity contribution in [1.29, 1.82) is 0 Å². The van der Waals surface area contributed by atoms with Crippen LogP contribution in [0.2, 0.25) is 0 Å². The first-order valence-electron chi connectivity index (χ1n) is 8.17. The molecule has 1 heterocycles. The number of H-pyrrole nitrogens is 1. The van der Waals surface area contributed by atoms with Crippen LogP contribution in [0.3, 0.4) is 0 Å². The van der Waals surface area contributed by atoms with Crippen molar-refractivity contribution >= 4 is 5.78 Å². The molecule has 6 heteroatoms. The number of ketones is 1. The molecule has 2 aromatic carbocycles. The molecule has 0 saturated carbocycles. The van der Waals surface area contributed by atoms with Gasteiger partial charge in [-0.25, -0.2) is 4.79 Å². The number of carbonyl (C=O) groups is 1. The van der Waals surface area contributed by atoms with Crippen LogP contribution in [0.15, 0.2) is 70.4 Å². The Bertz CT molecular complexity index is 1040. The van der Waals surface area contributed by atoms with Crippen molar-refractivity contribution in [3.8, 4) is 5.75 Å². The average Bonchev–Trinajstić information content (AvgIpc) is 2.64. The number of rotatable bonds is 6. The highest BCUT2D eigenvalue weighted by molar-refractivity contribution is 6.10. The Hall–Kier alpha value is -3.41. The summed E-state index contributed by atoms with van der Waals surface area (Å²) in [5.41, 5.74) is 1.07. The van der Waals surface area contributed by atoms with Crippen LogP contribution in [0.25, 0.3) is 0 Å². The van der Waals surface area contributed by atoms with E-state index in [4.69, 9.17) is 4.74 Å². The minimum atomic E-state index is -0.495. The van der Waals surface area contributed by atoms with E-state index < -0.39 is 11.2 Å². The molecular weight excluding hydrogens is 332 g/mol. The number of benzene rings is 2. The van der Waals surface area contributed by atoms with Crippen molar-refractivity contribution in [2.45, 2.75) is 13.5 Å². The highest BCUT2D eigenvalue weighted by atomic mass is 16.5. The van der Waals surface area contributed by atoms with Crippen LogP contribution >= 0.6 is 0 Å². The SMILES string of the molecule is Cc1ccc(OCCn2ccc(=O)[nH]c2=O)c(C(=O)c2ccccc2)c1. The van der Waals surface area contributed by atoms with Crippen molar-refractivity contribution in [2.24, 2.45) is 0 Å². The van der Waals surface area contributed by atoms with Gasteiger partial charge in [0, 0.05) is 17.8 Å². The van der Waals surface area contributed by atoms with E-state index in [1.807, 2.05) is 31.2 Å². The third-order valence-electron chi connectivity index (χ3n) is 3.90. The molecule has 1 aromatic heterocycles. The maximum absolute atomic E-state index is 12.8. The van der Waals surface area contributed by atoms with Crippen molar-refractivity contribution in [3.05, 3.63) is 98.3 Å². The monoisotopic (exact) mass is 350 g/mol. The third-order valence-corrected chi connectivity index (χ3v) is 3.90. The van der Waals surface area contributed by atoms with Crippen molar-refractivity contribution in [3.63, 3.8) is 0 Å². The molecule has 0 fully saturated rings. The predicted octanol–water partition coefficient (Wildman–Crippen LogP) is 2.16. The Morgan fingerprint density at radius 2 is 1.85 bits per heavy atom. The van der Waals surface area contributed by atoms with Crippen LogP contribution in [-0.4, -0.2) is 21.9 Å². The summed E-state index contributed by atoms with van der Waals surface area (Å²) < 4.78 is 7.09. The van der Waals surface area contributed by atoms with Crippen LogP contribution in [0.5, 0.6) is 5.75 Å². The number of aryl methyl sites for hydroxylation is 1. The summed E-state index contributed by atoms with van der Waals surface area (Å²) in [6.45, 7) is 2.35. The van der Waals surface area contributed by atoms with E-state index >= 15 is 0 Å². The molecule has 0 saturated heterocycles. The van der Waals surface area contributed by atoms with Crippen LogP contribution < -0.4 is 16.0 Å². The van der Waals surface area contributed by atoms with E-state index in [2.05, 4.69) is 4.98 Å². The van der Waals surface area contributed by atoms with Gasteiger partial charge in [-0.2, -0.15) is 0 Å². The number of hydrogen-bond donors (Lipinski definition) is 1. The minimum absolute atomic E-state index is 0.120. The fraction of sp³-hybridized carbons (Fsp3) is 0.150. The summed E-state index contributed by atoms with van der Waals surface area (Å²) in [7, 11) is 0. The molecule has 0 amide bonds. The third kappa shape index (κ3) is 3.97. The van der Waals surface area contributed by atoms with Gasteiger partial charge in [0.15, 0.2) is 5.78 Å². The van der Waals surface area contributed by atoms with E-state index in [0.29, 0.717) is 16.9 Å². The lowest BCUT2D eigenvalue weighted by Crippen LogP contribution is -2.30. The zero-order valence-corrected chi connectivity index (χ0v) is 14.3. The van der Waals surface area contributed by atoms with Gasteiger partial charge in [0.2, 0.25) is 0 Å². The van der Waals surface area contributed by atoms with Gasteiger partial charge >= 0.3 is 5.69 Å². The second-order valence-electron chi connectivity index (χ2n) is 5.85. The van der Waals surface area contributed by atoms with Crippen LogP contribution in [0.4, 0.5) is 0 Å². The minimum Gasteiger partial charge on any atom is -0.491 e. The standard InChI is InChI=1S/C20H18N2O4/c1-14-7-8-17(16(13-14)19(24)15-5-3-2-4-6-15)26-12-11-22-10-9-18(23)21-20(22)25/h2-10,13H,11-12H2,1H3,(H,21,23,25). The topological polar surface area (TPSA) is 81.2 Å². The molecule has 26 heavy (non-hydrogen) atoms. The Kier molecular flexibility index (Phi) is 5.12. The first-order chi connectivity index (χ1) is 12.5. The zero-order chi connectivity index (χ0) is 18.5. The average molecular weight is 350 g/mol. The molecule has 0 atom stereocenters. The summed E-state index contributed by atoms with van der Waals surface area (Å²) in [4.78, 5) is 37.7. The highest BCUT2D eigenvalue weighted by Crippen LogP contribution is 2.23. The molecule has 0 radical (unpaired) electrons. The Balaban J connectivity index is 1.79. The fourth-order valence-corrected chi connectivity index (χ4v) is 2.57. The maximum atomic E-state index is 12.8.